The first-order valence-corrected chi connectivity index (χ1v) is 25.2. The van der Waals surface area contributed by atoms with Gasteiger partial charge in [-0.25, -0.2) is 26.8 Å². The largest absolute Gasteiger partial charge is 0.496 e. The summed E-state index contributed by atoms with van der Waals surface area (Å²) in [7, 11) is -5.25. The number of ether oxygens (including phenoxy) is 1. The first kappa shape index (κ1) is 43.4. The average molecular weight is 1000 g/mol. The number of aromatic nitrogens is 2. The lowest BCUT2D eigenvalue weighted by molar-refractivity contribution is 0.384. The first-order chi connectivity index (χ1) is 28.4. The second-order valence-corrected chi connectivity index (χ2v) is 21.4. The third-order valence-electron chi connectivity index (χ3n) is 10.2. The molecule has 4 heterocycles. The highest BCUT2D eigenvalue weighted by Crippen LogP contribution is 2.29. The average Bonchev–Trinajstić information content (AvgIpc) is 3.93. The van der Waals surface area contributed by atoms with E-state index in [4.69, 9.17) is 14.7 Å². The highest BCUT2D eigenvalue weighted by atomic mass is 79.9. The number of benzene rings is 4. The third-order valence-corrected chi connectivity index (χ3v) is 17.0. The molecule has 8 rings (SSSR count). The van der Waals surface area contributed by atoms with Crippen LogP contribution in [-0.2, 0) is 32.9 Å². The summed E-state index contributed by atoms with van der Waals surface area (Å²) in [5.41, 5.74) is 5.71. The number of hydrogen-bond acceptors (Lipinski definition) is 11. The van der Waals surface area contributed by atoms with Gasteiger partial charge in [-0.15, -0.1) is 22.7 Å². The number of aryl methyl sites for hydroxylation is 1. The maximum Gasteiger partial charge on any atom is 0.243 e. The fourth-order valence-electron chi connectivity index (χ4n) is 6.84. The van der Waals surface area contributed by atoms with Crippen molar-refractivity contribution in [2.75, 3.05) is 69.3 Å². The van der Waals surface area contributed by atoms with Crippen LogP contribution >= 0.6 is 54.5 Å². The van der Waals surface area contributed by atoms with Crippen molar-refractivity contribution in [3.05, 3.63) is 145 Å². The van der Waals surface area contributed by atoms with E-state index in [0.717, 1.165) is 48.3 Å². The SMILES string of the molecule is COc1ccccc1Cc1csc(N2CCN(S(=O)(=O)c3ccc(Br)cc3)CC2)n1.Cc1ccccc1Cc1csc(N2CCN(S(=O)(=O)c3ccc(Br)cc3)CC2)n1. The lowest BCUT2D eigenvalue weighted by Gasteiger charge is -2.33. The van der Waals surface area contributed by atoms with Gasteiger partial charge in [-0.1, -0.05) is 74.3 Å². The summed E-state index contributed by atoms with van der Waals surface area (Å²) >= 11 is 9.92. The van der Waals surface area contributed by atoms with Crippen LogP contribution in [0.4, 0.5) is 10.3 Å². The summed E-state index contributed by atoms with van der Waals surface area (Å²) in [6, 6.07) is 29.9. The van der Waals surface area contributed by atoms with Gasteiger partial charge < -0.3 is 14.5 Å². The summed E-state index contributed by atoms with van der Waals surface area (Å²) < 4.78 is 61.7. The molecule has 6 aromatic rings. The van der Waals surface area contributed by atoms with Crippen LogP contribution in [0.25, 0.3) is 0 Å². The number of nitrogens with zero attached hydrogens (tertiary/aromatic N) is 6. The van der Waals surface area contributed by atoms with Gasteiger partial charge in [-0.05, 0) is 72.6 Å². The lowest BCUT2D eigenvalue weighted by atomic mass is 10.1. The second kappa shape index (κ2) is 19.4. The molecule has 0 aliphatic carbocycles. The van der Waals surface area contributed by atoms with Crippen molar-refractivity contribution in [2.45, 2.75) is 29.6 Å². The Balaban J connectivity index is 0.000000179. The Labute approximate surface area is 371 Å². The quantitative estimate of drug-likeness (QED) is 0.126. The Kier molecular flexibility index (Phi) is 14.2. The molecular formula is C42H44Br2N6O5S4. The zero-order valence-electron chi connectivity index (χ0n) is 32.6. The Morgan fingerprint density at radius 1 is 0.576 bits per heavy atom. The Hall–Kier alpha value is -3.68. The Morgan fingerprint density at radius 3 is 1.42 bits per heavy atom. The summed E-state index contributed by atoms with van der Waals surface area (Å²) in [6.45, 7) is 6.47. The van der Waals surface area contributed by atoms with Crippen molar-refractivity contribution in [1.29, 1.82) is 0 Å². The summed E-state index contributed by atoms with van der Waals surface area (Å²) in [6.07, 6.45) is 1.53. The number of piperazine rings is 2. The molecule has 0 spiro atoms. The maximum atomic E-state index is 12.9. The Morgan fingerprint density at radius 2 is 0.983 bits per heavy atom. The summed E-state index contributed by atoms with van der Waals surface area (Å²) in [5, 5.41) is 6.06. The Bertz CT molecular complexity index is 2550. The van der Waals surface area contributed by atoms with Crippen molar-refractivity contribution in [3.63, 3.8) is 0 Å². The molecule has 0 saturated carbocycles. The topological polar surface area (TPSA) is 116 Å². The fraction of sp³-hybridized carbons (Fsp3) is 0.286. The number of hydrogen-bond donors (Lipinski definition) is 0. The molecule has 2 aliphatic rings. The third kappa shape index (κ3) is 10.6. The van der Waals surface area contributed by atoms with E-state index in [2.05, 4.69) is 77.5 Å². The van der Waals surface area contributed by atoms with Gasteiger partial charge in [-0.2, -0.15) is 8.61 Å². The van der Waals surface area contributed by atoms with Crippen molar-refractivity contribution >= 4 is 84.8 Å². The van der Waals surface area contributed by atoms with E-state index in [1.54, 1.807) is 86.9 Å². The van der Waals surface area contributed by atoms with Gasteiger partial charge in [0.2, 0.25) is 20.0 Å². The highest BCUT2D eigenvalue weighted by Gasteiger charge is 2.31. The molecule has 2 aromatic heterocycles. The van der Waals surface area contributed by atoms with Crippen LogP contribution < -0.4 is 14.5 Å². The monoisotopic (exact) mass is 998 g/mol. The highest BCUT2D eigenvalue weighted by molar-refractivity contribution is 9.10. The molecule has 0 radical (unpaired) electrons. The van der Waals surface area contributed by atoms with E-state index in [1.807, 2.05) is 30.3 Å². The molecule has 11 nitrogen and oxygen atoms in total. The van der Waals surface area contributed by atoms with Crippen LogP contribution in [0.3, 0.4) is 0 Å². The predicted molar refractivity (Wildman–Crippen MR) is 244 cm³/mol. The fourth-order valence-corrected chi connectivity index (χ4v) is 12.0. The zero-order chi connectivity index (χ0) is 41.6. The number of thiazole rings is 2. The molecule has 0 N–H and O–H groups in total. The van der Waals surface area contributed by atoms with Crippen molar-refractivity contribution < 1.29 is 21.6 Å². The van der Waals surface area contributed by atoms with Crippen molar-refractivity contribution in [2.24, 2.45) is 0 Å². The molecule has 59 heavy (non-hydrogen) atoms. The number of para-hydroxylation sites is 1. The number of halogens is 2. The summed E-state index contributed by atoms with van der Waals surface area (Å²) in [5.74, 6) is 0.860. The van der Waals surface area contributed by atoms with Crippen LogP contribution in [0.1, 0.15) is 28.1 Å². The van der Waals surface area contributed by atoms with Gasteiger partial charge in [-0.3, -0.25) is 0 Å². The zero-order valence-corrected chi connectivity index (χ0v) is 39.0. The number of methoxy groups -OCH3 is 1. The van der Waals surface area contributed by atoms with Crippen molar-refractivity contribution in [3.8, 4) is 5.75 Å². The molecule has 0 bridgehead atoms. The molecule has 2 aliphatic heterocycles. The van der Waals surface area contributed by atoms with Gasteiger partial charge in [0.25, 0.3) is 0 Å². The number of anilines is 2. The second-order valence-electron chi connectivity index (χ2n) is 14.0. The van der Waals surface area contributed by atoms with Crippen LogP contribution in [0.2, 0.25) is 0 Å². The molecular weight excluding hydrogens is 957 g/mol. The molecule has 17 heteroatoms. The van der Waals surface area contributed by atoms with Crippen molar-refractivity contribution in [1.82, 2.24) is 18.6 Å². The van der Waals surface area contributed by atoms with E-state index in [0.29, 0.717) is 68.6 Å². The predicted octanol–water partition coefficient (Wildman–Crippen LogP) is 8.33. The number of sulfonamides is 2. The molecule has 4 aromatic carbocycles. The minimum absolute atomic E-state index is 0.326. The molecule has 0 amide bonds. The summed E-state index contributed by atoms with van der Waals surface area (Å²) in [4.78, 5) is 14.6. The molecule has 310 valence electrons. The molecule has 2 fully saturated rings. The minimum Gasteiger partial charge on any atom is -0.496 e. The van der Waals surface area contributed by atoms with Crippen LogP contribution in [-0.4, -0.2) is 94.9 Å². The van der Waals surface area contributed by atoms with E-state index < -0.39 is 20.0 Å². The van der Waals surface area contributed by atoms with Gasteiger partial charge in [0.1, 0.15) is 5.75 Å². The van der Waals surface area contributed by atoms with E-state index in [9.17, 15) is 16.8 Å². The van der Waals surface area contributed by atoms with Gasteiger partial charge in [0.15, 0.2) is 10.3 Å². The maximum absolute atomic E-state index is 12.9. The van der Waals surface area contributed by atoms with E-state index >= 15 is 0 Å². The first-order valence-electron chi connectivity index (χ1n) is 19.0. The lowest BCUT2D eigenvalue weighted by Crippen LogP contribution is -2.48. The minimum atomic E-state index is -3.47. The van der Waals surface area contributed by atoms with Gasteiger partial charge in [0, 0.05) is 90.5 Å². The smallest absolute Gasteiger partial charge is 0.243 e. The van der Waals surface area contributed by atoms with Crippen LogP contribution in [0.15, 0.2) is 127 Å². The van der Waals surface area contributed by atoms with Crippen LogP contribution in [0.5, 0.6) is 5.75 Å². The molecule has 0 unspecified atom stereocenters. The van der Waals surface area contributed by atoms with E-state index in [-0.39, 0.29) is 0 Å². The normalized spacial score (nSPS) is 15.5. The van der Waals surface area contributed by atoms with Crippen LogP contribution in [0, 0.1) is 6.92 Å². The van der Waals surface area contributed by atoms with Gasteiger partial charge in [0.05, 0.1) is 28.3 Å². The number of rotatable bonds is 11. The van der Waals surface area contributed by atoms with E-state index in [1.165, 1.54) is 11.1 Å². The molecule has 0 atom stereocenters. The molecule has 2 saturated heterocycles. The standard InChI is InChI=1S/C21H22BrN3O3S2.C21H22BrN3O2S2/c1-28-20-5-3-2-4-16(20)14-18-15-29-21(23-18)24-10-12-25(13-11-24)30(26,27)19-8-6-17(22)7-9-19;1-16-4-2-3-5-17(16)14-19-15-28-21(23-19)24-10-12-25(13-11-24)29(26,27)20-8-6-18(22)7-9-20/h2-9,15H,10-14H2,1H3;2-9,15H,10-14H2,1H3. The van der Waals surface area contributed by atoms with Gasteiger partial charge >= 0.3 is 0 Å².